The van der Waals surface area contributed by atoms with E-state index < -0.39 is 26.7 Å². The number of benzene rings is 2. The first kappa shape index (κ1) is 33.1. The van der Waals surface area contributed by atoms with Gasteiger partial charge in [-0.2, -0.15) is 13.2 Å². The third kappa shape index (κ3) is 8.21. The van der Waals surface area contributed by atoms with E-state index in [9.17, 15) is 26.4 Å². The topological polar surface area (TPSA) is 76.2 Å². The largest absolute Gasteiger partial charge is 0.417 e. The molecule has 0 radical (unpaired) electrons. The summed E-state index contributed by atoms with van der Waals surface area (Å²) in [6.07, 6.45) is -3.19. The number of piperazine rings is 1. The minimum Gasteiger partial charge on any atom is -0.382 e. The number of rotatable bonds is 8. The van der Waals surface area contributed by atoms with Crippen LogP contribution >= 0.6 is 0 Å². The highest BCUT2D eigenvalue weighted by atomic mass is 32.2. The van der Waals surface area contributed by atoms with Crippen LogP contribution < -0.4 is 10.2 Å². The molecule has 1 amide bonds. The zero-order chi connectivity index (χ0) is 31.6. The Labute approximate surface area is 253 Å². The number of carbonyl (C=O) groups excluding carboxylic acids is 1. The Bertz CT molecular complexity index is 1360. The number of alkyl halides is 3. The van der Waals surface area contributed by atoms with Crippen molar-refractivity contribution in [3.8, 4) is 0 Å². The second-order valence-corrected chi connectivity index (χ2v) is 14.8. The minimum atomic E-state index is -4.82. The first-order valence-electron chi connectivity index (χ1n) is 14.8. The Morgan fingerprint density at radius 1 is 0.930 bits per heavy atom. The molecule has 43 heavy (non-hydrogen) atoms. The van der Waals surface area contributed by atoms with Crippen LogP contribution in [0.5, 0.6) is 0 Å². The van der Waals surface area contributed by atoms with Gasteiger partial charge in [-0.1, -0.05) is 32.9 Å². The molecule has 0 saturated carbocycles. The minimum absolute atomic E-state index is 0.0938. The highest BCUT2D eigenvalue weighted by molar-refractivity contribution is 7.89. The van der Waals surface area contributed by atoms with E-state index in [1.807, 2.05) is 4.90 Å². The molecule has 2 aliphatic rings. The second kappa shape index (κ2) is 13.0. The van der Waals surface area contributed by atoms with Crippen molar-refractivity contribution in [2.24, 2.45) is 0 Å². The molecule has 2 aliphatic heterocycles. The predicted molar refractivity (Wildman–Crippen MR) is 164 cm³/mol. The van der Waals surface area contributed by atoms with Gasteiger partial charge in [0.05, 0.1) is 10.5 Å². The van der Waals surface area contributed by atoms with Gasteiger partial charge in [0.15, 0.2) is 0 Å². The quantitative estimate of drug-likeness (QED) is 0.453. The monoisotopic (exact) mass is 623 g/mol. The highest BCUT2D eigenvalue weighted by Crippen LogP contribution is 2.37. The third-order valence-corrected chi connectivity index (χ3v) is 10.2. The number of nitrogens with one attached hydrogen (secondary N) is 1. The molecule has 2 aromatic carbocycles. The lowest BCUT2D eigenvalue weighted by molar-refractivity contribution is -0.140. The van der Waals surface area contributed by atoms with Crippen molar-refractivity contribution in [2.45, 2.75) is 62.6 Å². The van der Waals surface area contributed by atoms with E-state index in [-0.39, 0.29) is 23.1 Å². The van der Waals surface area contributed by atoms with Gasteiger partial charge in [-0.15, -0.1) is 0 Å². The molecule has 238 valence electrons. The van der Waals surface area contributed by atoms with Gasteiger partial charge in [0.2, 0.25) is 15.9 Å². The summed E-state index contributed by atoms with van der Waals surface area (Å²) >= 11 is 0. The summed E-state index contributed by atoms with van der Waals surface area (Å²) in [7, 11) is -1.86. The Kier molecular flexibility index (Phi) is 10.0. The molecule has 0 bridgehead atoms. The van der Waals surface area contributed by atoms with Gasteiger partial charge in [0.1, 0.15) is 0 Å². The number of anilines is 2. The standard InChI is InChI=1S/C31H44F3N5O3S/c1-30(2,3)23-6-9-26(10-7-23)38-20-18-37(19-21-38)15-14-29(40)39-16-12-24(13-17-39)35-25-8-11-28(43(41,42)36(4)5)27(22-25)31(32,33)34/h6-11,22,24,35H,12-21H2,1-5H3. The Hall–Kier alpha value is -2.83. The van der Waals surface area contributed by atoms with E-state index in [4.69, 9.17) is 0 Å². The fourth-order valence-corrected chi connectivity index (χ4v) is 6.67. The van der Waals surface area contributed by atoms with Crippen molar-refractivity contribution in [1.82, 2.24) is 14.1 Å². The number of hydrogen-bond acceptors (Lipinski definition) is 6. The van der Waals surface area contributed by atoms with E-state index in [0.717, 1.165) is 42.6 Å². The summed E-state index contributed by atoms with van der Waals surface area (Å²) in [5.74, 6) is 0.0938. The summed E-state index contributed by atoms with van der Waals surface area (Å²) in [5.41, 5.74) is 1.68. The molecule has 0 atom stereocenters. The van der Waals surface area contributed by atoms with Gasteiger partial charge in [0, 0.05) is 83.7 Å². The summed E-state index contributed by atoms with van der Waals surface area (Å²) in [6, 6.07) is 11.9. The van der Waals surface area contributed by atoms with E-state index in [1.165, 1.54) is 31.4 Å². The lowest BCUT2D eigenvalue weighted by Gasteiger charge is -2.37. The third-order valence-electron chi connectivity index (χ3n) is 8.37. The second-order valence-electron chi connectivity index (χ2n) is 12.7. The Morgan fingerprint density at radius 3 is 2.07 bits per heavy atom. The van der Waals surface area contributed by atoms with E-state index in [2.05, 4.69) is 60.2 Å². The van der Waals surface area contributed by atoms with Crippen LogP contribution in [-0.2, 0) is 26.4 Å². The average molecular weight is 624 g/mol. The van der Waals surface area contributed by atoms with Crippen molar-refractivity contribution in [1.29, 1.82) is 0 Å². The number of hydrogen-bond donors (Lipinski definition) is 1. The van der Waals surface area contributed by atoms with Crippen molar-refractivity contribution >= 4 is 27.3 Å². The molecule has 0 aliphatic carbocycles. The summed E-state index contributed by atoms with van der Waals surface area (Å²) in [6.45, 7) is 12.0. The first-order valence-corrected chi connectivity index (χ1v) is 16.3. The van der Waals surface area contributed by atoms with Crippen LogP contribution in [0.1, 0.15) is 51.2 Å². The van der Waals surface area contributed by atoms with Gasteiger partial charge in [-0.3, -0.25) is 9.69 Å². The first-order chi connectivity index (χ1) is 20.1. The highest BCUT2D eigenvalue weighted by Gasteiger charge is 2.38. The summed E-state index contributed by atoms with van der Waals surface area (Å²) < 4.78 is 66.8. The smallest absolute Gasteiger partial charge is 0.382 e. The zero-order valence-electron chi connectivity index (χ0n) is 25.7. The van der Waals surface area contributed by atoms with Crippen LogP contribution in [0, 0.1) is 0 Å². The van der Waals surface area contributed by atoms with E-state index in [1.54, 1.807) is 0 Å². The molecule has 0 aromatic heterocycles. The zero-order valence-corrected chi connectivity index (χ0v) is 26.6. The molecule has 8 nitrogen and oxygen atoms in total. The molecule has 2 fully saturated rings. The maximum Gasteiger partial charge on any atom is 0.417 e. The van der Waals surface area contributed by atoms with Crippen LogP contribution in [-0.4, -0.2) is 94.4 Å². The number of sulfonamides is 1. The summed E-state index contributed by atoms with van der Waals surface area (Å²) in [5, 5.41) is 3.11. The van der Waals surface area contributed by atoms with Gasteiger partial charge in [-0.25, -0.2) is 12.7 Å². The van der Waals surface area contributed by atoms with Gasteiger partial charge < -0.3 is 15.1 Å². The maximum atomic E-state index is 13.7. The predicted octanol–water partition coefficient (Wildman–Crippen LogP) is 4.87. The Morgan fingerprint density at radius 2 is 1.53 bits per heavy atom. The molecule has 2 saturated heterocycles. The molecule has 4 rings (SSSR count). The van der Waals surface area contributed by atoms with Crippen molar-refractivity contribution in [2.75, 3.05) is 70.1 Å². The number of amides is 1. The lowest BCUT2D eigenvalue weighted by atomic mass is 9.87. The number of carbonyl (C=O) groups is 1. The lowest BCUT2D eigenvalue weighted by Crippen LogP contribution is -2.48. The molecular weight excluding hydrogens is 579 g/mol. The summed E-state index contributed by atoms with van der Waals surface area (Å²) in [4.78, 5) is 18.7. The molecular formula is C31H44F3N5O3S. The molecule has 2 heterocycles. The van der Waals surface area contributed by atoms with Gasteiger partial charge in [0.25, 0.3) is 0 Å². The van der Waals surface area contributed by atoms with E-state index >= 15 is 0 Å². The molecule has 1 N–H and O–H groups in total. The average Bonchev–Trinajstić information content (AvgIpc) is 2.95. The molecule has 0 spiro atoms. The maximum absolute atomic E-state index is 13.7. The van der Waals surface area contributed by atoms with Crippen LogP contribution in [0.2, 0.25) is 0 Å². The van der Waals surface area contributed by atoms with Crippen LogP contribution in [0.15, 0.2) is 47.4 Å². The van der Waals surface area contributed by atoms with Crippen LogP contribution in [0.3, 0.4) is 0 Å². The SMILES string of the molecule is CN(C)S(=O)(=O)c1ccc(NC2CCN(C(=O)CCN3CCN(c4ccc(C(C)(C)C)cc4)CC3)CC2)cc1C(F)(F)F. The fourth-order valence-electron chi connectivity index (χ4n) is 5.59. The van der Waals surface area contributed by atoms with Gasteiger partial charge in [-0.05, 0) is 54.2 Å². The number of piperidine rings is 1. The molecule has 12 heteroatoms. The van der Waals surface area contributed by atoms with Gasteiger partial charge >= 0.3 is 6.18 Å². The van der Waals surface area contributed by atoms with Crippen molar-refractivity contribution in [3.05, 3.63) is 53.6 Å². The fraction of sp³-hybridized carbons (Fsp3) is 0.581. The number of likely N-dealkylation sites (tertiary alicyclic amines) is 1. The molecule has 2 aromatic rings. The Balaban J connectivity index is 1.23. The molecule has 0 unspecified atom stereocenters. The van der Waals surface area contributed by atoms with Crippen LogP contribution in [0.25, 0.3) is 0 Å². The van der Waals surface area contributed by atoms with Crippen LogP contribution in [0.4, 0.5) is 24.5 Å². The van der Waals surface area contributed by atoms with Crippen molar-refractivity contribution < 1.29 is 26.4 Å². The van der Waals surface area contributed by atoms with Crippen molar-refractivity contribution in [3.63, 3.8) is 0 Å². The number of halogens is 3. The van der Waals surface area contributed by atoms with E-state index in [0.29, 0.717) is 38.9 Å². The normalized spacial score (nSPS) is 17.9. The number of nitrogens with zero attached hydrogens (tertiary/aromatic N) is 4.